The van der Waals surface area contributed by atoms with Gasteiger partial charge in [-0.1, -0.05) is 12.1 Å². The van der Waals surface area contributed by atoms with Gasteiger partial charge in [0.05, 0.1) is 11.5 Å². The minimum absolute atomic E-state index is 0. The molecule has 176 valence electrons. The lowest BCUT2D eigenvalue weighted by Gasteiger charge is -2.37. The Labute approximate surface area is 211 Å². The average molecular weight is 573 g/mol. The molecule has 3 heterocycles. The predicted octanol–water partition coefficient (Wildman–Crippen LogP) is 4.78. The maximum absolute atomic E-state index is 13.5. The van der Waals surface area contributed by atoms with Crippen LogP contribution in [0.3, 0.4) is 0 Å². The molecular weight excluding hydrogens is 538 g/mol. The van der Waals surface area contributed by atoms with Crippen LogP contribution in [0.15, 0.2) is 46.8 Å². The number of piperidine rings is 1. The number of hydrogen-bond acceptors (Lipinski definition) is 4. The van der Waals surface area contributed by atoms with Gasteiger partial charge in [-0.3, -0.25) is 4.99 Å². The number of nitrogens with zero attached hydrogens (tertiary/aromatic N) is 2. The van der Waals surface area contributed by atoms with Crippen molar-refractivity contribution >= 4 is 46.3 Å². The first-order valence-corrected chi connectivity index (χ1v) is 12.2. The summed E-state index contributed by atoms with van der Waals surface area (Å²) < 4.78 is 19.1. The van der Waals surface area contributed by atoms with Crippen molar-refractivity contribution < 1.29 is 9.13 Å². The summed E-state index contributed by atoms with van der Waals surface area (Å²) in [5.74, 6) is 0.684. The zero-order valence-electron chi connectivity index (χ0n) is 18.7. The van der Waals surface area contributed by atoms with E-state index in [1.165, 1.54) is 5.00 Å². The number of guanidine groups is 1. The number of nitrogens with one attached hydrogen (secondary N) is 2. The summed E-state index contributed by atoms with van der Waals surface area (Å²) in [6.07, 6.45) is 4.00. The molecule has 0 aliphatic carbocycles. The Hall–Kier alpha value is -1.39. The summed E-state index contributed by atoms with van der Waals surface area (Å²) in [5.41, 5.74) is 1.05. The van der Waals surface area contributed by atoms with E-state index in [4.69, 9.17) is 9.73 Å². The normalized spacial score (nSPS) is 19.3. The van der Waals surface area contributed by atoms with Gasteiger partial charge >= 0.3 is 0 Å². The number of thiophene rings is 1. The summed E-state index contributed by atoms with van der Waals surface area (Å²) >= 11 is 1.81. The number of anilines is 1. The third kappa shape index (κ3) is 6.35. The van der Waals surface area contributed by atoms with Crippen molar-refractivity contribution in [3.05, 3.63) is 53.2 Å². The Morgan fingerprint density at radius 1 is 1.19 bits per heavy atom. The lowest BCUT2D eigenvalue weighted by molar-refractivity contribution is 0.0530. The van der Waals surface area contributed by atoms with E-state index >= 15 is 0 Å². The van der Waals surface area contributed by atoms with Crippen molar-refractivity contribution in [2.24, 2.45) is 4.99 Å². The highest BCUT2D eigenvalue weighted by molar-refractivity contribution is 14.0. The zero-order valence-corrected chi connectivity index (χ0v) is 21.8. The van der Waals surface area contributed by atoms with Crippen LogP contribution >= 0.6 is 35.3 Å². The fraction of sp³-hybridized carbons (Fsp3) is 0.542. The molecule has 2 aliphatic heterocycles. The minimum Gasteiger partial charge on any atom is -0.381 e. The molecule has 1 aromatic carbocycles. The van der Waals surface area contributed by atoms with Crippen LogP contribution in [0.5, 0.6) is 0 Å². The number of benzene rings is 1. The van der Waals surface area contributed by atoms with Crippen molar-refractivity contribution in [3.63, 3.8) is 0 Å². The largest absolute Gasteiger partial charge is 0.381 e. The van der Waals surface area contributed by atoms with Gasteiger partial charge in [0.25, 0.3) is 0 Å². The van der Waals surface area contributed by atoms with E-state index in [0.717, 1.165) is 70.1 Å². The first kappa shape index (κ1) is 25.2. The van der Waals surface area contributed by atoms with Crippen LogP contribution in [0.2, 0.25) is 0 Å². The number of hydrogen-bond donors (Lipinski definition) is 2. The quantitative estimate of drug-likeness (QED) is 0.298. The molecule has 32 heavy (non-hydrogen) atoms. The number of halogens is 2. The highest BCUT2D eigenvalue weighted by Crippen LogP contribution is 2.35. The van der Waals surface area contributed by atoms with Crippen molar-refractivity contribution in [3.8, 4) is 0 Å². The van der Waals surface area contributed by atoms with Crippen LogP contribution in [0.4, 0.5) is 9.39 Å². The van der Waals surface area contributed by atoms with E-state index in [2.05, 4.69) is 40.0 Å². The standard InChI is InChI=1S/C24H33FN4OS.HI/c1-2-26-23(28-21-9-13-29(14-10-21)22-4-3-17-31-22)27-18-24(11-15-30-16-12-24)19-5-7-20(25)8-6-19;/h3-8,17,21H,2,9-16,18H2,1H3,(H2,26,27,28);1H. The fourth-order valence-electron chi connectivity index (χ4n) is 4.54. The number of aliphatic imine (C=N–C) groups is 1. The van der Waals surface area contributed by atoms with E-state index < -0.39 is 0 Å². The molecule has 4 rings (SSSR count). The van der Waals surface area contributed by atoms with Gasteiger partial charge in [0.15, 0.2) is 5.96 Å². The first-order chi connectivity index (χ1) is 15.2. The first-order valence-electron chi connectivity index (χ1n) is 11.4. The second-order valence-corrected chi connectivity index (χ2v) is 9.38. The Kier molecular flexibility index (Phi) is 9.61. The van der Waals surface area contributed by atoms with Crippen LogP contribution in [0, 0.1) is 5.82 Å². The lowest BCUT2D eigenvalue weighted by atomic mass is 9.74. The van der Waals surface area contributed by atoms with Crippen molar-refractivity contribution in [1.29, 1.82) is 0 Å². The molecule has 0 unspecified atom stereocenters. The molecule has 2 saturated heterocycles. The third-order valence-electron chi connectivity index (χ3n) is 6.44. The second-order valence-electron chi connectivity index (χ2n) is 8.45. The summed E-state index contributed by atoms with van der Waals surface area (Å²) in [5, 5.41) is 10.6. The van der Waals surface area contributed by atoms with Crippen LogP contribution in [-0.2, 0) is 10.2 Å². The number of rotatable bonds is 6. The van der Waals surface area contributed by atoms with Crippen LogP contribution in [-0.4, -0.2) is 51.4 Å². The molecule has 8 heteroatoms. The Morgan fingerprint density at radius 3 is 2.53 bits per heavy atom. The van der Waals surface area contributed by atoms with Gasteiger partial charge in [0.2, 0.25) is 0 Å². The molecule has 0 spiro atoms. The maximum atomic E-state index is 13.5. The zero-order chi connectivity index (χ0) is 21.5. The molecule has 0 radical (unpaired) electrons. The van der Waals surface area contributed by atoms with Gasteiger partial charge in [-0.05, 0) is 67.8 Å². The van der Waals surface area contributed by atoms with E-state index in [9.17, 15) is 4.39 Å². The van der Waals surface area contributed by atoms with E-state index in [0.29, 0.717) is 12.6 Å². The highest BCUT2D eigenvalue weighted by atomic mass is 127. The van der Waals surface area contributed by atoms with Gasteiger partial charge in [-0.15, -0.1) is 35.3 Å². The smallest absolute Gasteiger partial charge is 0.191 e. The second kappa shape index (κ2) is 12.2. The maximum Gasteiger partial charge on any atom is 0.191 e. The summed E-state index contributed by atoms with van der Waals surface area (Å²) in [7, 11) is 0. The summed E-state index contributed by atoms with van der Waals surface area (Å²) in [6, 6.07) is 11.7. The molecule has 2 fully saturated rings. The van der Waals surface area contributed by atoms with Crippen molar-refractivity contribution in [2.45, 2.75) is 44.1 Å². The van der Waals surface area contributed by atoms with Crippen LogP contribution < -0.4 is 15.5 Å². The Balaban J connectivity index is 0.00000289. The Bertz CT molecular complexity index is 832. The lowest BCUT2D eigenvalue weighted by Crippen LogP contribution is -2.49. The fourth-order valence-corrected chi connectivity index (χ4v) is 5.33. The van der Waals surface area contributed by atoms with Crippen molar-refractivity contribution in [2.75, 3.05) is 44.3 Å². The monoisotopic (exact) mass is 572 g/mol. The molecule has 2 aromatic rings. The topological polar surface area (TPSA) is 48.9 Å². The van der Waals surface area contributed by atoms with Crippen LogP contribution in [0.1, 0.15) is 38.2 Å². The minimum atomic E-state index is -0.196. The molecular formula is C24H34FIN4OS. The SMILES string of the molecule is CCNC(=NCC1(c2ccc(F)cc2)CCOCC1)NC1CCN(c2cccs2)CC1.I. The third-order valence-corrected chi connectivity index (χ3v) is 7.37. The van der Waals surface area contributed by atoms with Gasteiger partial charge in [0.1, 0.15) is 5.82 Å². The molecule has 2 aliphatic rings. The molecule has 1 aromatic heterocycles. The molecule has 2 N–H and O–H groups in total. The molecule has 0 bridgehead atoms. The van der Waals surface area contributed by atoms with Gasteiger partial charge in [-0.2, -0.15) is 0 Å². The average Bonchev–Trinajstić information content (AvgIpc) is 3.34. The van der Waals surface area contributed by atoms with Crippen LogP contribution in [0.25, 0.3) is 0 Å². The van der Waals surface area contributed by atoms with Gasteiger partial charge in [0, 0.05) is 44.3 Å². The number of ether oxygens (including phenoxy) is 1. The van der Waals surface area contributed by atoms with E-state index in [1.54, 1.807) is 12.1 Å². The molecule has 0 atom stereocenters. The molecule has 0 amide bonds. The van der Waals surface area contributed by atoms with Gasteiger partial charge < -0.3 is 20.3 Å². The summed E-state index contributed by atoms with van der Waals surface area (Å²) in [4.78, 5) is 7.48. The predicted molar refractivity (Wildman–Crippen MR) is 142 cm³/mol. The summed E-state index contributed by atoms with van der Waals surface area (Å²) in [6.45, 7) is 7.16. The molecule has 0 saturated carbocycles. The van der Waals surface area contributed by atoms with Crippen molar-refractivity contribution in [1.82, 2.24) is 10.6 Å². The Morgan fingerprint density at radius 2 is 1.91 bits per heavy atom. The highest BCUT2D eigenvalue weighted by Gasteiger charge is 2.34. The molecule has 5 nitrogen and oxygen atoms in total. The van der Waals surface area contributed by atoms with Gasteiger partial charge in [-0.25, -0.2) is 4.39 Å². The van der Waals surface area contributed by atoms with E-state index in [-0.39, 0.29) is 35.2 Å². The van der Waals surface area contributed by atoms with E-state index in [1.807, 2.05) is 23.5 Å².